The summed E-state index contributed by atoms with van der Waals surface area (Å²) < 4.78 is 64.1. The number of Topliss-reactive ketones (excluding diaryl/α,β-unsaturated/α-hetero) is 1. The molecule has 1 aliphatic rings. The third kappa shape index (κ3) is 3.14. The highest BCUT2D eigenvalue weighted by atomic mass is 32.2. The van der Waals surface area contributed by atoms with E-state index < -0.39 is 45.1 Å². The number of alkyl halides is 3. The van der Waals surface area contributed by atoms with Crippen molar-refractivity contribution < 1.29 is 36.6 Å². The first-order valence-corrected chi connectivity index (χ1v) is 9.31. The number of allylic oxidation sites excluding steroid dienone is 1. The van der Waals surface area contributed by atoms with Crippen LogP contribution in [0.5, 0.6) is 0 Å². The van der Waals surface area contributed by atoms with E-state index in [-0.39, 0.29) is 16.0 Å². The fourth-order valence-electron chi connectivity index (χ4n) is 2.86. The fraction of sp³-hybridized carbons (Fsp3) is 0.167. The van der Waals surface area contributed by atoms with Crippen LogP contribution in [0.4, 0.5) is 13.2 Å². The molecule has 6 nitrogen and oxygen atoms in total. The van der Waals surface area contributed by atoms with Crippen LogP contribution in [0.3, 0.4) is 0 Å². The molecule has 0 saturated carbocycles. The van der Waals surface area contributed by atoms with Crippen molar-refractivity contribution >= 4 is 21.6 Å². The lowest BCUT2D eigenvalue weighted by atomic mass is 10.00. The Balaban J connectivity index is 2.13. The van der Waals surface area contributed by atoms with Gasteiger partial charge in [-0.1, -0.05) is 30.3 Å². The molecule has 0 fully saturated rings. The Morgan fingerprint density at radius 2 is 1.75 bits per heavy atom. The van der Waals surface area contributed by atoms with Gasteiger partial charge in [0, 0.05) is 18.2 Å². The molecule has 0 saturated heterocycles. The van der Waals surface area contributed by atoms with E-state index in [0.29, 0.717) is 4.31 Å². The average Bonchev–Trinajstić information content (AvgIpc) is 2.65. The zero-order valence-corrected chi connectivity index (χ0v) is 15.1. The summed E-state index contributed by atoms with van der Waals surface area (Å²) in [6, 6.07) is 9.58. The number of aliphatic hydroxyl groups excluding tert-OH is 2. The molecule has 1 unspecified atom stereocenters. The van der Waals surface area contributed by atoms with Gasteiger partial charge in [0.2, 0.25) is 5.78 Å². The fourth-order valence-corrected chi connectivity index (χ4v) is 4.26. The maximum absolute atomic E-state index is 12.9. The molecule has 2 aromatic carbocycles. The highest BCUT2D eigenvalue weighted by Crippen LogP contribution is 2.37. The number of halogens is 3. The molecule has 0 spiro atoms. The van der Waals surface area contributed by atoms with Crippen molar-refractivity contribution in [2.45, 2.75) is 17.2 Å². The van der Waals surface area contributed by atoms with E-state index in [1.807, 2.05) is 0 Å². The molecule has 1 atom stereocenters. The maximum Gasteiger partial charge on any atom is 0.418 e. The van der Waals surface area contributed by atoms with Crippen LogP contribution in [0.15, 0.2) is 59.1 Å². The van der Waals surface area contributed by atoms with Crippen LogP contribution in [0.25, 0.3) is 5.76 Å². The number of rotatable bonds is 3. The lowest BCUT2D eigenvalue weighted by molar-refractivity contribution is -0.206. The molecule has 0 radical (unpaired) electrons. The van der Waals surface area contributed by atoms with Gasteiger partial charge < -0.3 is 10.2 Å². The van der Waals surface area contributed by atoms with Crippen molar-refractivity contribution in [3.63, 3.8) is 0 Å². The second kappa shape index (κ2) is 6.64. The Kier molecular flexibility index (Phi) is 4.72. The number of sulfonamides is 1. The van der Waals surface area contributed by atoms with Gasteiger partial charge in [-0.2, -0.15) is 13.2 Å². The van der Waals surface area contributed by atoms with E-state index in [9.17, 15) is 36.6 Å². The standard InChI is InChI=1S/C18H14F3NO5S/c1-22-14(16(24)12-7-2-3-8-13(12)28(22,26)27)15(23)10-5-4-6-11(9-10)17(25)18(19,20)21/h2-9,17,24-25H,1H3. The van der Waals surface area contributed by atoms with Crippen molar-refractivity contribution in [1.29, 1.82) is 0 Å². The van der Waals surface area contributed by atoms with E-state index >= 15 is 0 Å². The predicted molar refractivity (Wildman–Crippen MR) is 92.7 cm³/mol. The monoisotopic (exact) mass is 413 g/mol. The van der Waals surface area contributed by atoms with Crippen LogP contribution in [-0.2, 0) is 10.0 Å². The molecule has 3 rings (SSSR count). The molecule has 0 bridgehead atoms. The van der Waals surface area contributed by atoms with Crippen molar-refractivity contribution in [3.05, 3.63) is 70.9 Å². The SMILES string of the molecule is CN1C(C(=O)c2cccc(C(O)C(F)(F)F)c2)=C(O)c2ccccc2S1(=O)=O. The molecule has 1 heterocycles. The lowest BCUT2D eigenvalue weighted by Gasteiger charge is -2.28. The number of benzene rings is 2. The molecule has 1 aliphatic heterocycles. The lowest BCUT2D eigenvalue weighted by Crippen LogP contribution is -2.35. The van der Waals surface area contributed by atoms with E-state index in [2.05, 4.69) is 0 Å². The summed E-state index contributed by atoms with van der Waals surface area (Å²) >= 11 is 0. The molecule has 0 aliphatic carbocycles. The molecule has 2 N–H and O–H groups in total. The van der Waals surface area contributed by atoms with Crippen LogP contribution in [-0.4, -0.2) is 41.9 Å². The first-order chi connectivity index (χ1) is 13.0. The molecule has 0 amide bonds. The Morgan fingerprint density at radius 1 is 1.11 bits per heavy atom. The molecular formula is C18H14F3NO5S. The van der Waals surface area contributed by atoms with Crippen molar-refractivity contribution in [3.8, 4) is 0 Å². The number of carbonyl (C=O) groups is 1. The van der Waals surface area contributed by atoms with Gasteiger partial charge in [-0.15, -0.1) is 0 Å². The Labute approximate surface area is 158 Å². The second-order valence-electron chi connectivity index (χ2n) is 6.06. The quantitative estimate of drug-likeness (QED) is 0.755. The smallest absolute Gasteiger partial charge is 0.418 e. The van der Waals surface area contributed by atoms with Gasteiger partial charge in [0.05, 0.1) is 4.90 Å². The topological polar surface area (TPSA) is 94.9 Å². The van der Waals surface area contributed by atoms with Crippen molar-refractivity contribution in [2.24, 2.45) is 0 Å². The van der Waals surface area contributed by atoms with Crippen LogP contribution >= 0.6 is 0 Å². The minimum Gasteiger partial charge on any atom is -0.505 e. The molecule has 0 aromatic heterocycles. The molecular weight excluding hydrogens is 399 g/mol. The van der Waals surface area contributed by atoms with E-state index in [1.165, 1.54) is 24.3 Å². The highest BCUT2D eigenvalue weighted by molar-refractivity contribution is 7.89. The summed E-state index contributed by atoms with van der Waals surface area (Å²) in [5.41, 5.74) is -1.59. The summed E-state index contributed by atoms with van der Waals surface area (Å²) in [4.78, 5) is 12.7. The number of hydrogen-bond acceptors (Lipinski definition) is 5. The molecule has 10 heteroatoms. The van der Waals surface area contributed by atoms with Crippen LogP contribution < -0.4 is 0 Å². The van der Waals surface area contributed by atoms with Gasteiger partial charge in [0.25, 0.3) is 10.0 Å². The molecule has 148 valence electrons. The normalized spacial score (nSPS) is 17.2. The number of aliphatic hydroxyl groups is 2. The zero-order valence-electron chi connectivity index (χ0n) is 14.3. The van der Waals surface area contributed by atoms with E-state index in [0.717, 1.165) is 31.3 Å². The van der Waals surface area contributed by atoms with Crippen LogP contribution in [0, 0.1) is 0 Å². The van der Waals surface area contributed by atoms with Crippen molar-refractivity contribution in [2.75, 3.05) is 7.05 Å². The van der Waals surface area contributed by atoms with Gasteiger partial charge >= 0.3 is 6.18 Å². The minimum atomic E-state index is -4.94. The first kappa shape index (κ1) is 19.9. The molecule has 28 heavy (non-hydrogen) atoms. The average molecular weight is 413 g/mol. The number of carbonyl (C=O) groups excluding carboxylic acids is 1. The minimum absolute atomic E-state index is 0.0876. The maximum atomic E-state index is 12.9. The Morgan fingerprint density at radius 3 is 2.39 bits per heavy atom. The first-order valence-electron chi connectivity index (χ1n) is 7.87. The van der Waals surface area contributed by atoms with Gasteiger partial charge in [0.15, 0.2) is 11.9 Å². The summed E-state index contributed by atoms with van der Waals surface area (Å²) in [5, 5.41) is 19.9. The predicted octanol–water partition coefficient (Wildman–Crippen LogP) is 3.03. The summed E-state index contributed by atoms with van der Waals surface area (Å²) in [6.07, 6.45) is -7.75. The molecule has 2 aromatic rings. The van der Waals surface area contributed by atoms with Gasteiger partial charge in [-0.3, -0.25) is 9.10 Å². The summed E-state index contributed by atoms with van der Waals surface area (Å²) in [6.45, 7) is 0. The van der Waals surface area contributed by atoms with E-state index in [4.69, 9.17) is 0 Å². The highest BCUT2D eigenvalue weighted by Gasteiger charge is 2.41. The van der Waals surface area contributed by atoms with Crippen molar-refractivity contribution in [1.82, 2.24) is 4.31 Å². The Bertz CT molecular complexity index is 1090. The second-order valence-corrected chi connectivity index (χ2v) is 8.00. The summed E-state index contributed by atoms with van der Waals surface area (Å²) in [5.74, 6) is -1.62. The van der Waals surface area contributed by atoms with E-state index in [1.54, 1.807) is 0 Å². The Hall–Kier alpha value is -2.85. The van der Waals surface area contributed by atoms with Gasteiger partial charge in [0.1, 0.15) is 5.70 Å². The third-order valence-corrected chi connectivity index (χ3v) is 6.12. The number of ketones is 1. The van der Waals surface area contributed by atoms with Gasteiger partial charge in [-0.05, 0) is 23.8 Å². The largest absolute Gasteiger partial charge is 0.505 e. The number of nitrogens with zero attached hydrogens (tertiary/aromatic N) is 1. The number of likely N-dealkylation sites (N-methyl/N-ethyl adjacent to an activating group) is 1. The van der Waals surface area contributed by atoms with Crippen LogP contribution in [0.2, 0.25) is 0 Å². The number of fused-ring (bicyclic) bond motifs is 1. The van der Waals surface area contributed by atoms with Gasteiger partial charge in [-0.25, -0.2) is 8.42 Å². The van der Waals surface area contributed by atoms with Crippen LogP contribution in [0.1, 0.15) is 27.6 Å². The zero-order chi connectivity index (χ0) is 20.9. The third-order valence-electron chi connectivity index (χ3n) is 4.31. The summed E-state index contributed by atoms with van der Waals surface area (Å²) in [7, 11) is -3.08. The number of hydrogen-bond donors (Lipinski definition) is 2.